The van der Waals surface area contributed by atoms with Crippen molar-refractivity contribution < 1.29 is 27.9 Å². The van der Waals surface area contributed by atoms with Gasteiger partial charge in [0.15, 0.2) is 23.9 Å². The smallest absolute Gasteiger partial charge is 0.307 e. The fourth-order valence-electron chi connectivity index (χ4n) is 3.07. The van der Waals surface area contributed by atoms with Crippen LogP contribution in [0.2, 0.25) is 0 Å². The summed E-state index contributed by atoms with van der Waals surface area (Å²) in [5.74, 6) is -0.406. The molecule has 4 aromatic rings. The zero-order valence-electron chi connectivity index (χ0n) is 18.1. The number of amides is 2. The van der Waals surface area contributed by atoms with Crippen molar-refractivity contribution in [3.05, 3.63) is 89.9 Å². The summed E-state index contributed by atoms with van der Waals surface area (Å²) in [7, 11) is 1.46. The number of hydrogen-bond acceptors (Lipinski definition) is 6. The molecule has 172 valence electrons. The van der Waals surface area contributed by atoms with E-state index in [2.05, 4.69) is 15.8 Å². The minimum atomic E-state index is -0.480. The van der Waals surface area contributed by atoms with Crippen LogP contribution in [0.1, 0.15) is 16.1 Å². The number of furan rings is 1. The summed E-state index contributed by atoms with van der Waals surface area (Å²) in [6.07, 6.45) is 1.44. The van der Waals surface area contributed by atoms with Crippen LogP contribution in [0.15, 0.2) is 82.3 Å². The van der Waals surface area contributed by atoms with Crippen LogP contribution in [0, 0.1) is 5.82 Å². The molecule has 0 unspecified atom stereocenters. The van der Waals surface area contributed by atoms with Gasteiger partial charge in [0.2, 0.25) is 0 Å². The highest BCUT2D eigenvalue weighted by molar-refractivity contribution is 5.96. The number of anilines is 1. The topological polar surface area (TPSA) is 102 Å². The number of nitrogens with zero attached hydrogens (tertiary/aromatic N) is 1. The van der Waals surface area contributed by atoms with Gasteiger partial charge in [-0.25, -0.2) is 9.82 Å². The van der Waals surface area contributed by atoms with E-state index in [9.17, 15) is 14.0 Å². The zero-order chi connectivity index (χ0) is 23.9. The van der Waals surface area contributed by atoms with Crippen molar-refractivity contribution in [3.63, 3.8) is 0 Å². The summed E-state index contributed by atoms with van der Waals surface area (Å²) in [5.41, 5.74) is 4.12. The minimum absolute atomic E-state index is 0.151. The van der Waals surface area contributed by atoms with Crippen molar-refractivity contribution in [2.45, 2.75) is 0 Å². The Morgan fingerprint density at radius 2 is 1.82 bits per heavy atom. The van der Waals surface area contributed by atoms with Crippen LogP contribution in [-0.2, 0) is 4.79 Å². The third-order valence-electron chi connectivity index (χ3n) is 4.70. The molecule has 1 aromatic heterocycles. The number of fused-ring (bicyclic) bond motifs is 1. The van der Waals surface area contributed by atoms with Crippen LogP contribution in [0.3, 0.4) is 0 Å². The van der Waals surface area contributed by atoms with Gasteiger partial charge in [-0.15, -0.1) is 0 Å². The Kier molecular flexibility index (Phi) is 6.83. The number of carbonyl (C=O) groups excluding carboxylic acids is 2. The SMILES string of the molecule is COc1cc(C=NNC(=O)c2cc3ccccc3o2)ccc1OCC(=O)Nc1ccc(F)cc1. The zero-order valence-corrected chi connectivity index (χ0v) is 18.1. The Hall–Kier alpha value is -4.66. The predicted molar refractivity (Wildman–Crippen MR) is 125 cm³/mol. The number of para-hydroxylation sites is 1. The van der Waals surface area contributed by atoms with Crippen LogP contribution in [0.5, 0.6) is 11.5 Å². The molecule has 0 fully saturated rings. The quantitative estimate of drug-likeness (QED) is 0.300. The largest absolute Gasteiger partial charge is 0.493 e. The molecule has 0 bridgehead atoms. The number of rotatable bonds is 8. The summed E-state index contributed by atoms with van der Waals surface area (Å²) in [6, 6.07) is 19.3. The molecule has 34 heavy (non-hydrogen) atoms. The van der Waals surface area contributed by atoms with Crippen molar-refractivity contribution >= 4 is 34.7 Å². The highest BCUT2D eigenvalue weighted by Crippen LogP contribution is 2.27. The molecule has 1 heterocycles. The highest BCUT2D eigenvalue weighted by atomic mass is 19.1. The molecule has 0 radical (unpaired) electrons. The molecule has 2 amide bonds. The van der Waals surface area contributed by atoms with Gasteiger partial charge in [-0.2, -0.15) is 5.10 Å². The van der Waals surface area contributed by atoms with E-state index in [-0.39, 0.29) is 12.4 Å². The van der Waals surface area contributed by atoms with E-state index in [1.54, 1.807) is 30.3 Å². The summed E-state index contributed by atoms with van der Waals surface area (Å²) in [6.45, 7) is -0.269. The normalized spacial score (nSPS) is 10.9. The van der Waals surface area contributed by atoms with E-state index in [4.69, 9.17) is 13.9 Å². The molecule has 0 saturated carbocycles. The first-order valence-electron chi connectivity index (χ1n) is 10.2. The van der Waals surface area contributed by atoms with Crippen molar-refractivity contribution in [2.24, 2.45) is 5.10 Å². The Labute approximate surface area is 194 Å². The number of carbonyl (C=O) groups is 2. The van der Waals surface area contributed by atoms with E-state index >= 15 is 0 Å². The van der Waals surface area contributed by atoms with Crippen LogP contribution in [0.25, 0.3) is 11.0 Å². The summed E-state index contributed by atoms with van der Waals surface area (Å²) >= 11 is 0. The fraction of sp³-hybridized carbons (Fsp3) is 0.0800. The maximum Gasteiger partial charge on any atom is 0.307 e. The van der Waals surface area contributed by atoms with Gasteiger partial charge in [-0.3, -0.25) is 9.59 Å². The second-order valence-corrected chi connectivity index (χ2v) is 7.10. The Morgan fingerprint density at radius 1 is 1.03 bits per heavy atom. The molecule has 0 saturated heterocycles. The third-order valence-corrected chi connectivity index (χ3v) is 4.70. The lowest BCUT2D eigenvalue weighted by Crippen LogP contribution is -2.20. The van der Waals surface area contributed by atoms with Gasteiger partial charge in [0.05, 0.1) is 13.3 Å². The summed E-state index contributed by atoms with van der Waals surface area (Å²) in [5, 5.41) is 7.38. The van der Waals surface area contributed by atoms with Crippen molar-refractivity contribution in [3.8, 4) is 11.5 Å². The van der Waals surface area contributed by atoms with E-state index < -0.39 is 17.6 Å². The summed E-state index contributed by atoms with van der Waals surface area (Å²) < 4.78 is 29.3. The molecule has 0 aliphatic rings. The van der Waals surface area contributed by atoms with Gasteiger partial charge in [0, 0.05) is 11.1 Å². The Balaban J connectivity index is 1.33. The molecule has 0 atom stereocenters. The standard InChI is InChI=1S/C25H20FN3O5/c1-32-22-12-16(14-27-29-25(31)23-13-17-4-2-3-5-20(17)34-23)6-11-21(22)33-15-24(30)28-19-9-7-18(26)8-10-19/h2-14H,15H2,1H3,(H,28,30)(H,29,31). The van der Waals surface area contributed by atoms with Crippen molar-refractivity contribution in [2.75, 3.05) is 19.0 Å². The Bertz CT molecular complexity index is 1320. The lowest BCUT2D eigenvalue weighted by Gasteiger charge is -2.11. The van der Waals surface area contributed by atoms with Gasteiger partial charge in [-0.05, 0) is 60.2 Å². The second-order valence-electron chi connectivity index (χ2n) is 7.10. The molecule has 0 aliphatic carbocycles. The fourth-order valence-corrected chi connectivity index (χ4v) is 3.07. The number of hydrazone groups is 1. The second kappa shape index (κ2) is 10.3. The number of benzene rings is 3. The third kappa shape index (κ3) is 5.57. The Morgan fingerprint density at radius 3 is 2.59 bits per heavy atom. The van der Waals surface area contributed by atoms with E-state index in [0.717, 1.165) is 5.39 Å². The van der Waals surface area contributed by atoms with E-state index in [0.29, 0.717) is 28.3 Å². The lowest BCUT2D eigenvalue weighted by atomic mass is 10.2. The van der Waals surface area contributed by atoms with E-state index in [1.165, 1.54) is 37.6 Å². The molecular weight excluding hydrogens is 441 g/mol. The van der Waals surface area contributed by atoms with Gasteiger partial charge >= 0.3 is 5.91 Å². The summed E-state index contributed by atoms with van der Waals surface area (Å²) in [4.78, 5) is 24.3. The first kappa shape index (κ1) is 22.5. The molecule has 8 nitrogen and oxygen atoms in total. The lowest BCUT2D eigenvalue weighted by molar-refractivity contribution is -0.118. The van der Waals surface area contributed by atoms with Crippen LogP contribution < -0.4 is 20.2 Å². The van der Waals surface area contributed by atoms with Gasteiger partial charge in [0.25, 0.3) is 5.91 Å². The number of nitrogens with one attached hydrogen (secondary N) is 2. The molecular formula is C25H20FN3O5. The molecule has 4 rings (SSSR count). The average molecular weight is 461 g/mol. The molecule has 3 aromatic carbocycles. The first-order chi connectivity index (χ1) is 16.5. The van der Waals surface area contributed by atoms with Crippen LogP contribution in [-0.4, -0.2) is 31.7 Å². The minimum Gasteiger partial charge on any atom is -0.493 e. The van der Waals surface area contributed by atoms with Crippen molar-refractivity contribution in [1.82, 2.24) is 5.43 Å². The highest BCUT2D eigenvalue weighted by Gasteiger charge is 2.12. The number of methoxy groups -OCH3 is 1. The molecule has 0 spiro atoms. The number of hydrogen-bond donors (Lipinski definition) is 2. The van der Waals surface area contributed by atoms with Crippen LogP contribution >= 0.6 is 0 Å². The number of halogens is 1. The number of ether oxygens (including phenoxy) is 2. The van der Waals surface area contributed by atoms with Gasteiger partial charge in [0.1, 0.15) is 11.4 Å². The maximum absolute atomic E-state index is 13.0. The van der Waals surface area contributed by atoms with Crippen LogP contribution in [0.4, 0.5) is 10.1 Å². The molecule has 2 N–H and O–H groups in total. The molecule has 9 heteroatoms. The van der Waals surface area contributed by atoms with Crippen molar-refractivity contribution in [1.29, 1.82) is 0 Å². The van der Waals surface area contributed by atoms with Gasteiger partial charge in [-0.1, -0.05) is 18.2 Å². The maximum atomic E-state index is 13.0. The predicted octanol–water partition coefficient (Wildman–Crippen LogP) is 4.36. The molecule has 0 aliphatic heterocycles. The van der Waals surface area contributed by atoms with E-state index in [1.807, 2.05) is 18.2 Å². The first-order valence-corrected chi connectivity index (χ1v) is 10.2. The monoisotopic (exact) mass is 461 g/mol. The average Bonchev–Trinajstić information content (AvgIpc) is 3.29. The van der Waals surface area contributed by atoms with Gasteiger partial charge < -0.3 is 19.2 Å².